The maximum absolute atomic E-state index is 5.41. The van der Waals surface area contributed by atoms with Crippen LogP contribution in [0.5, 0.6) is 5.88 Å². The van der Waals surface area contributed by atoms with E-state index in [1.54, 1.807) is 6.92 Å². The number of anilines is 1. The first-order valence-corrected chi connectivity index (χ1v) is 6.18. The van der Waals surface area contributed by atoms with E-state index in [0.717, 1.165) is 11.4 Å². The molecule has 102 valence electrons. The summed E-state index contributed by atoms with van der Waals surface area (Å²) in [5.74, 6) is 2.63. The Kier molecular flexibility index (Phi) is 4.27. The molecule has 0 unspecified atom stereocenters. The molecule has 7 heteroatoms. The summed E-state index contributed by atoms with van der Waals surface area (Å²) in [6.45, 7) is 6.87. The molecule has 7 nitrogen and oxygen atoms in total. The molecule has 2 aromatic rings. The van der Waals surface area contributed by atoms with Crippen LogP contribution in [0.4, 0.5) is 5.82 Å². The van der Waals surface area contributed by atoms with Crippen LogP contribution < -0.4 is 10.1 Å². The van der Waals surface area contributed by atoms with E-state index >= 15 is 0 Å². The summed E-state index contributed by atoms with van der Waals surface area (Å²) in [7, 11) is 0. The number of nitrogens with zero attached hydrogens (tertiary/aromatic N) is 4. The van der Waals surface area contributed by atoms with Gasteiger partial charge >= 0.3 is 0 Å². The van der Waals surface area contributed by atoms with E-state index in [-0.39, 0.29) is 0 Å². The van der Waals surface area contributed by atoms with Crippen molar-refractivity contribution < 1.29 is 9.26 Å². The van der Waals surface area contributed by atoms with Crippen LogP contribution in [0.3, 0.4) is 0 Å². The number of rotatable bonds is 6. The van der Waals surface area contributed by atoms with Gasteiger partial charge in [-0.25, -0.2) is 9.97 Å². The number of hydrogen-bond acceptors (Lipinski definition) is 7. The molecule has 2 heterocycles. The molecular formula is C12H17N5O2. The van der Waals surface area contributed by atoms with Gasteiger partial charge in [0, 0.05) is 19.9 Å². The molecule has 1 N–H and O–H groups in total. The zero-order valence-corrected chi connectivity index (χ0v) is 11.3. The molecule has 0 aliphatic carbocycles. The average molecular weight is 263 g/mol. The van der Waals surface area contributed by atoms with Crippen molar-refractivity contribution in [3.8, 4) is 5.88 Å². The Morgan fingerprint density at radius 2 is 2.16 bits per heavy atom. The molecular weight excluding hydrogens is 246 g/mol. The van der Waals surface area contributed by atoms with E-state index in [2.05, 4.69) is 25.4 Å². The van der Waals surface area contributed by atoms with Crippen LogP contribution in [0.15, 0.2) is 10.9 Å². The molecule has 2 aromatic heterocycles. The van der Waals surface area contributed by atoms with Crippen LogP contribution in [0.25, 0.3) is 0 Å². The highest BCUT2D eigenvalue weighted by molar-refractivity contribution is 5.47. The van der Waals surface area contributed by atoms with Crippen molar-refractivity contribution in [2.45, 2.75) is 27.2 Å². The minimum absolute atomic E-state index is 0.576. The summed E-state index contributed by atoms with van der Waals surface area (Å²) < 4.78 is 10.3. The predicted molar refractivity (Wildman–Crippen MR) is 69.2 cm³/mol. The second-order valence-electron chi connectivity index (χ2n) is 3.99. The normalized spacial score (nSPS) is 10.5. The van der Waals surface area contributed by atoms with Crippen LogP contribution in [0.1, 0.15) is 24.2 Å². The molecule has 0 radical (unpaired) electrons. The number of aryl methyl sites for hydroxylation is 1. The Hall–Kier alpha value is -2.18. The maximum atomic E-state index is 5.41. The lowest BCUT2D eigenvalue weighted by atomic mass is 10.3. The summed E-state index contributed by atoms with van der Waals surface area (Å²) in [5, 5.41) is 7.05. The number of hydrogen-bond donors (Lipinski definition) is 1. The number of aromatic nitrogens is 4. The highest BCUT2D eigenvalue weighted by atomic mass is 16.5. The third-order valence-electron chi connectivity index (χ3n) is 2.53. The van der Waals surface area contributed by atoms with Crippen LogP contribution in [0, 0.1) is 13.8 Å². The van der Waals surface area contributed by atoms with Crippen molar-refractivity contribution in [1.29, 1.82) is 0 Å². The third-order valence-corrected chi connectivity index (χ3v) is 2.53. The van der Waals surface area contributed by atoms with E-state index in [4.69, 9.17) is 9.26 Å². The molecule has 0 fully saturated rings. The van der Waals surface area contributed by atoms with Gasteiger partial charge in [0.2, 0.25) is 11.8 Å². The van der Waals surface area contributed by atoms with Crippen molar-refractivity contribution in [3.05, 3.63) is 23.6 Å². The summed E-state index contributed by atoms with van der Waals surface area (Å²) in [4.78, 5) is 12.4. The molecule has 0 saturated heterocycles. The Morgan fingerprint density at radius 1 is 1.32 bits per heavy atom. The van der Waals surface area contributed by atoms with Gasteiger partial charge in [-0.15, -0.1) is 0 Å². The molecule has 0 amide bonds. The fourth-order valence-electron chi connectivity index (χ4n) is 1.63. The molecule has 0 saturated carbocycles. The summed E-state index contributed by atoms with van der Waals surface area (Å²) in [5.41, 5.74) is 0.897. The fourth-order valence-corrected chi connectivity index (χ4v) is 1.63. The van der Waals surface area contributed by atoms with Crippen LogP contribution in [-0.2, 0) is 6.42 Å². The van der Waals surface area contributed by atoms with E-state index in [1.807, 2.05) is 13.8 Å². The maximum Gasteiger partial charge on any atom is 0.223 e. The molecule has 0 aliphatic heterocycles. The lowest BCUT2D eigenvalue weighted by Crippen LogP contribution is -2.10. The highest BCUT2D eigenvalue weighted by Gasteiger charge is 2.08. The van der Waals surface area contributed by atoms with Gasteiger partial charge in [-0.2, -0.15) is 4.98 Å². The minimum Gasteiger partial charge on any atom is -0.478 e. The van der Waals surface area contributed by atoms with E-state index in [9.17, 15) is 0 Å². The molecule has 19 heavy (non-hydrogen) atoms. The number of ether oxygens (including phenoxy) is 1. The topological polar surface area (TPSA) is 86.0 Å². The van der Waals surface area contributed by atoms with Crippen molar-refractivity contribution >= 4 is 5.82 Å². The van der Waals surface area contributed by atoms with Gasteiger partial charge in [0.05, 0.1) is 12.2 Å². The van der Waals surface area contributed by atoms with Gasteiger partial charge in [0.1, 0.15) is 12.1 Å². The highest BCUT2D eigenvalue weighted by Crippen LogP contribution is 2.19. The van der Waals surface area contributed by atoms with Crippen LogP contribution in [0.2, 0.25) is 0 Å². The van der Waals surface area contributed by atoms with Gasteiger partial charge in [-0.05, 0) is 13.8 Å². The third kappa shape index (κ3) is 3.40. The summed E-state index contributed by atoms with van der Waals surface area (Å²) in [6.07, 6.45) is 2.16. The molecule has 0 bridgehead atoms. The predicted octanol–water partition coefficient (Wildman–Crippen LogP) is 1.53. The van der Waals surface area contributed by atoms with E-state index < -0.39 is 0 Å². The lowest BCUT2D eigenvalue weighted by molar-refractivity contribution is 0.324. The average Bonchev–Trinajstić information content (AvgIpc) is 2.80. The van der Waals surface area contributed by atoms with Crippen molar-refractivity contribution in [2.75, 3.05) is 18.5 Å². The smallest absolute Gasteiger partial charge is 0.223 e. The Labute approximate surface area is 111 Å². The summed E-state index contributed by atoms with van der Waals surface area (Å²) >= 11 is 0. The largest absolute Gasteiger partial charge is 0.478 e. The quantitative estimate of drug-likeness (QED) is 0.845. The first-order chi connectivity index (χ1) is 9.20. The first-order valence-electron chi connectivity index (χ1n) is 6.18. The first kappa shape index (κ1) is 13.3. The number of nitrogens with one attached hydrogen (secondary N) is 1. The van der Waals surface area contributed by atoms with Crippen LogP contribution >= 0.6 is 0 Å². The molecule has 0 aromatic carbocycles. The van der Waals surface area contributed by atoms with Gasteiger partial charge in [-0.3, -0.25) is 0 Å². The lowest BCUT2D eigenvalue weighted by Gasteiger charge is -2.10. The van der Waals surface area contributed by atoms with Crippen molar-refractivity contribution in [3.63, 3.8) is 0 Å². The van der Waals surface area contributed by atoms with E-state index in [1.165, 1.54) is 6.33 Å². The van der Waals surface area contributed by atoms with E-state index in [0.29, 0.717) is 37.2 Å². The molecule has 0 aliphatic rings. The monoisotopic (exact) mass is 263 g/mol. The standard InChI is InChI=1S/C12H17N5O2/c1-4-18-12-8(2)11(14-7-15-12)13-6-5-10-16-9(3)19-17-10/h7H,4-6H2,1-3H3,(H,13,14,15). The Balaban J connectivity index is 1.94. The van der Waals surface area contributed by atoms with Gasteiger partial charge < -0.3 is 14.6 Å². The molecule has 2 rings (SSSR count). The van der Waals surface area contributed by atoms with Gasteiger partial charge in [0.25, 0.3) is 0 Å². The van der Waals surface area contributed by atoms with Crippen molar-refractivity contribution in [2.24, 2.45) is 0 Å². The second-order valence-corrected chi connectivity index (χ2v) is 3.99. The summed E-state index contributed by atoms with van der Waals surface area (Å²) in [6, 6.07) is 0. The second kappa shape index (κ2) is 6.12. The Bertz CT molecular complexity index is 541. The van der Waals surface area contributed by atoms with Crippen molar-refractivity contribution in [1.82, 2.24) is 20.1 Å². The SMILES string of the molecule is CCOc1ncnc(NCCc2noc(C)n2)c1C. The van der Waals surface area contributed by atoms with Gasteiger partial charge in [0.15, 0.2) is 5.82 Å². The van der Waals surface area contributed by atoms with Gasteiger partial charge in [-0.1, -0.05) is 5.16 Å². The zero-order chi connectivity index (χ0) is 13.7. The zero-order valence-electron chi connectivity index (χ0n) is 11.3. The van der Waals surface area contributed by atoms with Crippen LogP contribution in [-0.4, -0.2) is 33.3 Å². The fraction of sp³-hybridized carbons (Fsp3) is 0.500. The minimum atomic E-state index is 0.576. The Morgan fingerprint density at radius 3 is 2.84 bits per heavy atom. The molecule has 0 atom stereocenters. The molecule has 0 spiro atoms.